The van der Waals surface area contributed by atoms with Crippen LogP contribution in [0.4, 0.5) is 5.69 Å². The largest absolute Gasteiger partial charge is 0.508 e. The first-order chi connectivity index (χ1) is 15.1. The monoisotopic (exact) mass is 433 g/mol. The Kier molecular flexibility index (Phi) is 6.09. The highest BCUT2D eigenvalue weighted by Crippen LogP contribution is 2.45. The summed E-state index contributed by atoms with van der Waals surface area (Å²) in [4.78, 5) is 12.9. The summed E-state index contributed by atoms with van der Waals surface area (Å²) in [7, 11) is 1.65. The number of thiophene rings is 1. The fourth-order valence-corrected chi connectivity index (χ4v) is 4.46. The number of phenolic OH excluding ortho intramolecular Hbond substituents is 1. The number of rotatable bonds is 7. The van der Waals surface area contributed by atoms with Gasteiger partial charge in [-0.3, -0.25) is 4.79 Å². The normalized spacial score (nSPS) is 10.8. The Labute approximate surface area is 184 Å². The minimum atomic E-state index is -0.0909. The second-order valence-corrected chi connectivity index (χ2v) is 8.07. The highest BCUT2D eigenvalue weighted by atomic mass is 32.1. The summed E-state index contributed by atoms with van der Waals surface area (Å²) in [6, 6.07) is 20.8. The molecule has 5 nitrogen and oxygen atoms in total. The molecule has 0 aliphatic carbocycles. The lowest BCUT2D eigenvalue weighted by Crippen LogP contribution is -2.12. The standard InChI is InChI=1S/C25H23NO4S/c1-3-23(28)26-21-13-10-18(27)14-17(21)15-30-24-20-6-4-5-7-22(20)31-25(24)16-8-11-19(29-2)12-9-16/h4-14,27H,3,15H2,1-2H3,(H,26,28). The number of hydrogen-bond donors (Lipinski definition) is 2. The Bertz CT molecular complexity index is 1210. The number of benzene rings is 3. The minimum absolute atomic E-state index is 0.0909. The number of nitrogens with one attached hydrogen (secondary N) is 1. The summed E-state index contributed by atoms with van der Waals surface area (Å²) in [6.45, 7) is 2.00. The lowest BCUT2D eigenvalue weighted by Gasteiger charge is -2.13. The van der Waals surface area contributed by atoms with Crippen LogP contribution in [0, 0.1) is 0 Å². The maximum absolute atomic E-state index is 11.9. The van der Waals surface area contributed by atoms with Gasteiger partial charge in [0.05, 0.1) is 12.0 Å². The number of ether oxygens (including phenoxy) is 2. The maximum atomic E-state index is 11.9. The maximum Gasteiger partial charge on any atom is 0.224 e. The number of amides is 1. The van der Waals surface area contributed by atoms with Gasteiger partial charge in [-0.15, -0.1) is 11.3 Å². The Balaban J connectivity index is 1.70. The predicted molar refractivity (Wildman–Crippen MR) is 125 cm³/mol. The van der Waals surface area contributed by atoms with E-state index in [0.29, 0.717) is 17.7 Å². The van der Waals surface area contributed by atoms with E-state index in [0.717, 1.165) is 32.0 Å². The van der Waals surface area contributed by atoms with E-state index in [2.05, 4.69) is 11.4 Å². The van der Waals surface area contributed by atoms with E-state index in [1.54, 1.807) is 43.6 Å². The molecular weight excluding hydrogens is 410 g/mol. The minimum Gasteiger partial charge on any atom is -0.508 e. The van der Waals surface area contributed by atoms with Crippen LogP contribution in [0.3, 0.4) is 0 Å². The molecule has 1 heterocycles. The lowest BCUT2D eigenvalue weighted by atomic mass is 10.1. The van der Waals surface area contributed by atoms with E-state index >= 15 is 0 Å². The lowest BCUT2D eigenvalue weighted by molar-refractivity contribution is -0.115. The molecule has 0 aliphatic rings. The van der Waals surface area contributed by atoms with E-state index in [-0.39, 0.29) is 18.3 Å². The molecule has 0 atom stereocenters. The number of anilines is 1. The number of carbonyl (C=O) groups is 1. The molecule has 0 unspecified atom stereocenters. The summed E-state index contributed by atoms with van der Waals surface area (Å²) in [5.74, 6) is 1.61. The third-order valence-electron chi connectivity index (χ3n) is 4.96. The molecule has 0 spiro atoms. The molecule has 6 heteroatoms. The molecule has 31 heavy (non-hydrogen) atoms. The fraction of sp³-hybridized carbons (Fsp3) is 0.160. The van der Waals surface area contributed by atoms with Crippen LogP contribution >= 0.6 is 11.3 Å². The number of fused-ring (bicyclic) bond motifs is 1. The summed E-state index contributed by atoms with van der Waals surface area (Å²) in [5.41, 5.74) is 2.38. The molecule has 3 aromatic carbocycles. The molecule has 0 radical (unpaired) electrons. The highest BCUT2D eigenvalue weighted by molar-refractivity contribution is 7.22. The molecule has 4 aromatic rings. The van der Waals surface area contributed by atoms with Gasteiger partial charge in [-0.1, -0.05) is 19.1 Å². The van der Waals surface area contributed by atoms with Gasteiger partial charge in [-0.25, -0.2) is 0 Å². The number of hydrogen-bond acceptors (Lipinski definition) is 5. The summed E-state index contributed by atoms with van der Waals surface area (Å²) in [5, 5.41) is 13.9. The van der Waals surface area contributed by atoms with Gasteiger partial charge in [0, 0.05) is 27.8 Å². The van der Waals surface area contributed by atoms with Crippen LogP contribution in [0.2, 0.25) is 0 Å². The van der Waals surface area contributed by atoms with Crippen LogP contribution in [0.15, 0.2) is 66.7 Å². The number of carbonyl (C=O) groups excluding carboxylic acids is 1. The smallest absolute Gasteiger partial charge is 0.224 e. The van der Waals surface area contributed by atoms with Crippen LogP contribution in [0.5, 0.6) is 17.2 Å². The van der Waals surface area contributed by atoms with Gasteiger partial charge >= 0.3 is 0 Å². The van der Waals surface area contributed by atoms with Crippen molar-refractivity contribution in [3.05, 3.63) is 72.3 Å². The molecular formula is C25H23NO4S. The van der Waals surface area contributed by atoms with Gasteiger partial charge in [0.25, 0.3) is 0 Å². The van der Waals surface area contributed by atoms with Crippen LogP contribution in [-0.4, -0.2) is 18.1 Å². The molecule has 0 saturated heterocycles. The quantitative estimate of drug-likeness (QED) is 0.340. The molecule has 1 amide bonds. The second-order valence-electron chi connectivity index (χ2n) is 7.02. The van der Waals surface area contributed by atoms with Crippen molar-refractivity contribution in [3.63, 3.8) is 0 Å². The highest BCUT2D eigenvalue weighted by Gasteiger charge is 2.17. The second kappa shape index (κ2) is 9.10. The summed E-state index contributed by atoms with van der Waals surface area (Å²) in [6.07, 6.45) is 0.373. The van der Waals surface area contributed by atoms with Crippen molar-refractivity contribution in [3.8, 4) is 27.7 Å². The van der Waals surface area contributed by atoms with E-state index in [9.17, 15) is 9.90 Å². The van der Waals surface area contributed by atoms with Crippen molar-refractivity contribution in [2.24, 2.45) is 0 Å². The van der Waals surface area contributed by atoms with Gasteiger partial charge in [-0.05, 0) is 60.2 Å². The van der Waals surface area contributed by atoms with Crippen molar-refractivity contribution >= 4 is 33.0 Å². The van der Waals surface area contributed by atoms with Crippen LogP contribution in [0.25, 0.3) is 20.5 Å². The van der Waals surface area contributed by atoms with Gasteiger partial charge in [0.2, 0.25) is 5.91 Å². The molecule has 158 valence electrons. The van der Waals surface area contributed by atoms with Crippen molar-refractivity contribution in [2.45, 2.75) is 20.0 Å². The van der Waals surface area contributed by atoms with Crippen LogP contribution in [0.1, 0.15) is 18.9 Å². The van der Waals surface area contributed by atoms with E-state index in [1.807, 2.05) is 42.5 Å². The van der Waals surface area contributed by atoms with Gasteiger partial charge in [-0.2, -0.15) is 0 Å². The zero-order valence-electron chi connectivity index (χ0n) is 17.3. The average molecular weight is 434 g/mol. The fourth-order valence-electron chi connectivity index (χ4n) is 3.31. The van der Waals surface area contributed by atoms with Crippen LogP contribution in [-0.2, 0) is 11.4 Å². The van der Waals surface area contributed by atoms with Crippen molar-refractivity contribution in [1.29, 1.82) is 0 Å². The average Bonchev–Trinajstić information content (AvgIpc) is 3.17. The molecule has 0 bridgehead atoms. The first-order valence-corrected chi connectivity index (χ1v) is 10.8. The van der Waals surface area contributed by atoms with E-state index in [1.165, 1.54) is 0 Å². The van der Waals surface area contributed by atoms with E-state index in [4.69, 9.17) is 9.47 Å². The number of methoxy groups -OCH3 is 1. The predicted octanol–water partition coefficient (Wildman–Crippen LogP) is 6.21. The molecule has 2 N–H and O–H groups in total. The third-order valence-corrected chi connectivity index (χ3v) is 6.16. The zero-order valence-corrected chi connectivity index (χ0v) is 18.2. The van der Waals surface area contributed by atoms with Crippen molar-refractivity contribution in [2.75, 3.05) is 12.4 Å². The SMILES string of the molecule is CCC(=O)Nc1ccc(O)cc1COc1c(-c2ccc(OC)cc2)sc2ccccc12. The molecule has 0 fully saturated rings. The Morgan fingerprint density at radius 3 is 2.58 bits per heavy atom. The number of phenols is 1. The molecule has 0 saturated carbocycles. The number of aromatic hydroxyl groups is 1. The first-order valence-electron chi connectivity index (χ1n) is 9.99. The van der Waals surface area contributed by atoms with Gasteiger partial charge in [0.15, 0.2) is 0 Å². The summed E-state index contributed by atoms with van der Waals surface area (Å²) < 4.78 is 12.7. The topological polar surface area (TPSA) is 67.8 Å². The van der Waals surface area contributed by atoms with Gasteiger partial charge in [0.1, 0.15) is 23.9 Å². The van der Waals surface area contributed by atoms with Crippen LogP contribution < -0.4 is 14.8 Å². The van der Waals surface area contributed by atoms with Crippen molar-refractivity contribution in [1.82, 2.24) is 0 Å². The zero-order chi connectivity index (χ0) is 21.8. The Morgan fingerprint density at radius 2 is 1.84 bits per heavy atom. The Hall–Kier alpha value is -3.51. The molecule has 0 aliphatic heterocycles. The third kappa shape index (κ3) is 4.49. The van der Waals surface area contributed by atoms with Crippen molar-refractivity contribution < 1.29 is 19.4 Å². The Morgan fingerprint density at radius 1 is 1.06 bits per heavy atom. The molecule has 4 rings (SSSR count). The summed E-state index contributed by atoms with van der Waals surface area (Å²) >= 11 is 1.66. The van der Waals surface area contributed by atoms with Gasteiger partial charge < -0.3 is 19.9 Å². The molecule has 1 aromatic heterocycles. The van der Waals surface area contributed by atoms with E-state index < -0.39 is 0 Å². The first kappa shape index (κ1) is 20.8.